The van der Waals surface area contributed by atoms with Crippen LogP contribution in [0.2, 0.25) is 0 Å². The van der Waals surface area contributed by atoms with Gasteiger partial charge in [0.2, 0.25) is 0 Å². The number of carbonyl (C=O) groups excluding carboxylic acids is 2. The van der Waals surface area contributed by atoms with E-state index in [0.29, 0.717) is 11.3 Å². The minimum Gasteiger partial charge on any atom is -0.464 e. The van der Waals surface area contributed by atoms with Crippen LogP contribution < -0.4 is 5.32 Å². The number of nitrogens with one attached hydrogen (secondary N) is 1. The number of rotatable bonds is 3. The molecule has 24 heavy (non-hydrogen) atoms. The second kappa shape index (κ2) is 6.28. The highest BCUT2D eigenvalue weighted by molar-refractivity contribution is 6.46. The molecule has 0 amide bonds. The second-order valence-electron chi connectivity index (χ2n) is 5.72. The largest absolute Gasteiger partial charge is 0.464 e. The molecule has 0 aromatic heterocycles. The van der Waals surface area contributed by atoms with E-state index in [-0.39, 0.29) is 11.5 Å². The topological polar surface area (TPSA) is 67.8 Å². The van der Waals surface area contributed by atoms with Crippen LogP contribution in [0.25, 0.3) is 0 Å². The number of carbonyl (C=O) groups is 2. The highest BCUT2D eigenvalue weighted by atomic mass is 16.5. The first-order valence-electron chi connectivity index (χ1n) is 7.66. The third-order valence-corrected chi connectivity index (χ3v) is 4.11. The molecule has 0 bridgehead atoms. The van der Waals surface area contributed by atoms with Gasteiger partial charge in [0, 0.05) is 11.3 Å². The molecular weight excluding hydrogens is 304 g/mol. The van der Waals surface area contributed by atoms with E-state index in [9.17, 15) is 9.59 Å². The molecule has 1 aliphatic heterocycles. The Bertz CT molecular complexity index is 855. The molecule has 0 saturated carbocycles. The fourth-order valence-electron chi connectivity index (χ4n) is 2.76. The Morgan fingerprint density at radius 1 is 1.08 bits per heavy atom. The van der Waals surface area contributed by atoms with Gasteiger partial charge in [-0.3, -0.25) is 4.79 Å². The molecule has 1 N–H and O–H groups in total. The van der Waals surface area contributed by atoms with Gasteiger partial charge in [-0.25, -0.2) is 9.79 Å². The van der Waals surface area contributed by atoms with E-state index in [1.807, 2.05) is 50.2 Å². The quantitative estimate of drug-likeness (QED) is 0.881. The summed E-state index contributed by atoms with van der Waals surface area (Å²) in [4.78, 5) is 29.6. The van der Waals surface area contributed by atoms with Crippen molar-refractivity contribution in [2.45, 2.75) is 19.9 Å². The van der Waals surface area contributed by atoms with E-state index in [0.717, 1.165) is 16.8 Å². The fraction of sp³-hybridized carbons (Fsp3) is 0.211. The summed E-state index contributed by atoms with van der Waals surface area (Å²) in [5.74, 6) is -0.796. The van der Waals surface area contributed by atoms with Crippen molar-refractivity contribution in [1.29, 1.82) is 0 Å². The maximum absolute atomic E-state index is 13.0. The Morgan fingerprint density at radius 2 is 1.79 bits per heavy atom. The van der Waals surface area contributed by atoms with Crippen molar-refractivity contribution >= 4 is 28.8 Å². The van der Waals surface area contributed by atoms with Gasteiger partial charge in [-0.1, -0.05) is 30.3 Å². The molecule has 0 fully saturated rings. The summed E-state index contributed by atoms with van der Waals surface area (Å²) in [6.45, 7) is 3.79. The van der Waals surface area contributed by atoms with Gasteiger partial charge in [-0.2, -0.15) is 0 Å². The van der Waals surface area contributed by atoms with Crippen LogP contribution in [0, 0.1) is 13.8 Å². The number of fused-ring (bicyclic) bond motifs is 1. The molecule has 5 nitrogen and oxygen atoms in total. The number of esters is 1. The number of hydrogen-bond acceptors (Lipinski definition) is 5. The molecule has 2 aromatic rings. The van der Waals surface area contributed by atoms with Crippen molar-refractivity contribution < 1.29 is 14.3 Å². The number of methoxy groups -OCH3 is 1. The Labute approximate surface area is 140 Å². The van der Waals surface area contributed by atoms with Crippen molar-refractivity contribution in [2.75, 3.05) is 12.4 Å². The maximum atomic E-state index is 13.0. The first-order chi connectivity index (χ1) is 11.5. The highest BCUT2D eigenvalue weighted by Crippen LogP contribution is 2.31. The maximum Gasteiger partial charge on any atom is 0.355 e. The molecule has 2 aromatic carbocycles. The predicted molar refractivity (Wildman–Crippen MR) is 93.2 cm³/mol. The number of benzene rings is 2. The predicted octanol–water partition coefficient (Wildman–Crippen LogP) is 3.23. The average molecular weight is 322 g/mol. The standard InChI is InChI=1S/C19H18N2O3/c1-11-7-4-5-10-14(11)20-16-17(19(23)24-3)21-15-12(2)8-6-9-13(15)18(16)22/h4-10,16,20H,1-3H3. The number of hydrogen-bond donors (Lipinski definition) is 1. The molecule has 5 heteroatoms. The smallest absolute Gasteiger partial charge is 0.355 e. The van der Waals surface area contributed by atoms with E-state index in [2.05, 4.69) is 10.3 Å². The summed E-state index contributed by atoms with van der Waals surface area (Å²) < 4.78 is 4.83. The van der Waals surface area contributed by atoms with Gasteiger partial charge in [0.1, 0.15) is 6.04 Å². The highest BCUT2D eigenvalue weighted by Gasteiger charge is 2.36. The molecule has 1 unspecified atom stereocenters. The number of nitrogens with zero attached hydrogens (tertiary/aromatic N) is 1. The van der Waals surface area contributed by atoms with Gasteiger partial charge < -0.3 is 10.1 Å². The van der Waals surface area contributed by atoms with Crippen LogP contribution in [0.4, 0.5) is 11.4 Å². The lowest BCUT2D eigenvalue weighted by atomic mass is 9.93. The van der Waals surface area contributed by atoms with Crippen LogP contribution in [0.5, 0.6) is 0 Å². The van der Waals surface area contributed by atoms with Crippen molar-refractivity contribution in [2.24, 2.45) is 4.99 Å². The lowest BCUT2D eigenvalue weighted by Crippen LogP contribution is -2.44. The monoisotopic (exact) mass is 322 g/mol. The second-order valence-corrected chi connectivity index (χ2v) is 5.72. The number of aliphatic imine (C=N–C) groups is 1. The Kier molecular flexibility index (Phi) is 4.16. The van der Waals surface area contributed by atoms with Crippen molar-refractivity contribution in [3.63, 3.8) is 0 Å². The third kappa shape index (κ3) is 2.69. The first kappa shape index (κ1) is 15.9. The van der Waals surface area contributed by atoms with Gasteiger partial charge in [-0.15, -0.1) is 0 Å². The van der Waals surface area contributed by atoms with Gasteiger partial charge in [0.15, 0.2) is 11.5 Å². The first-order valence-corrected chi connectivity index (χ1v) is 7.66. The minimum atomic E-state index is -0.868. The molecule has 0 aliphatic carbocycles. The summed E-state index contributed by atoms with van der Waals surface area (Å²) in [5.41, 5.74) is 3.72. The Morgan fingerprint density at radius 3 is 2.50 bits per heavy atom. The molecule has 122 valence electrons. The Balaban J connectivity index is 2.10. The third-order valence-electron chi connectivity index (χ3n) is 4.11. The van der Waals surface area contributed by atoms with E-state index in [1.54, 1.807) is 6.07 Å². The van der Waals surface area contributed by atoms with Crippen LogP contribution >= 0.6 is 0 Å². The fourth-order valence-corrected chi connectivity index (χ4v) is 2.76. The van der Waals surface area contributed by atoms with Gasteiger partial charge in [0.25, 0.3) is 0 Å². The summed E-state index contributed by atoms with van der Waals surface area (Å²) in [6.07, 6.45) is 0. The van der Waals surface area contributed by atoms with Crippen LogP contribution in [0.3, 0.4) is 0 Å². The van der Waals surface area contributed by atoms with Crippen molar-refractivity contribution in [3.05, 3.63) is 59.2 Å². The minimum absolute atomic E-state index is 0.0764. The van der Waals surface area contributed by atoms with Crippen LogP contribution in [-0.2, 0) is 9.53 Å². The molecule has 1 atom stereocenters. The lowest BCUT2D eigenvalue weighted by Gasteiger charge is -2.25. The van der Waals surface area contributed by atoms with Gasteiger partial charge in [0.05, 0.1) is 12.8 Å². The van der Waals surface area contributed by atoms with Crippen LogP contribution in [0.1, 0.15) is 21.5 Å². The molecular formula is C19H18N2O3. The SMILES string of the molecule is COC(=O)C1=Nc2c(C)cccc2C(=O)C1Nc1ccccc1C. The lowest BCUT2D eigenvalue weighted by molar-refractivity contribution is -0.132. The van der Waals surface area contributed by atoms with Gasteiger partial charge >= 0.3 is 5.97 Å². The van der Waals surface area contributed by atoms with E-state index in [4.69, 9.17) is 4.74 Å². The van der Waals surface area contributed by atoms with Crippen molar-refractivity contribution in [3.8, 4) is 0 Å². The summed E-state index contributed by atoms with van der Waals surface area (Å²) >= 11 is 0. The zero-order valence-corrected chi connectivity index (χ0v) is 13.8. The number of ketones is 1. The number of anilines is 1. The number of para-hydroxylation sites is 2. The van der Waals surface area contributed by atoms with Crippen molar-refractivity contribution in [1.82, 2.24) is 0 Å². The molecule has 0 saturated heterocycles. The summed E-state index contributed by atoms with van der Waals surface area (Å²) in [6, 6.07) is 12.1. The normalized spacial score (nSPS) is 16.2. The summed E-state index contributed by atoms with van der Waals surface area (Å²) in [7, 11) is 1.29. The zero-order valence-electron chi connectivity index (χ0n) is 13.8. The number of ether oxygens (including phenoxy) is 1. The molecule has 0 radical (unpaired) electrons. The number of Topliss-reactive ketones (excluding diaryl/α,β-unsaturated/α-hetero) is 1. The average Bonchev–Trinajstić information content (AvgIpc) is 2.59. The Hall–Kier alpha value is -2.95. The zero-order chi connectivity index (χ0) is 17.3. The molecule has 3 rings (SSSR count). The van der Waals surface area contributed by atoms with Gasteiger partial charge in [-0.05, 0) is 37.1 Å². The van der Waals surface area contributed by atoms with E-state index in [1.165, 1.54) is 7.11 Å². The summed E-state index contributed by atoms with van der Waals surface area (Å²) in [5, 5.41) is 3.14. The van der Waals surface area contributed by atoms with E-state index >= 15 is 0 Å². The molecule has 1 aliphatic rings. The van der Waals surface area contributed by atoms with Crippen LogP contribution in [-0.4, -0.2) is 30.6 Å². The van der Waals surface area contributed by atoms with Crippen LogP contribution in [0.15, 0.2) is 47.5 Å². The molecule has 0 spiro atoms. The number of aryl methyl sites for hydroxylation is 2. The molecule has 1 heterocycles. The van der Waals surface area contributed by atoms with E-state index < -0.39 is 12.0 Å².